The molecule has 0 spiro atoms. The van der Waals surface area contributed by atoms with Gasteiger partial charge in [0, 0.05) is 24.0 Å². The first-order valence-corrected chi connectivity index (χ1v) is 16.4. The van der Waals surface area contributed by atoms with Crippen LogP contribution in [0.15, 0.2) is 77.3 Å². The van der Waals surface area contributed by atoms with Gasteiger partial charge in [-0.3, -0.25) is 13.9 Å². The molecule has 0 aliphatic carbocycles. The molecule has 0 aliphatic rings. The van der Waals surface area contributed by atoms with Gasteiger partial charge in [-0.05, 0) is 47.9 Å². The van der Waals surface area contributed by atoms with E-state index in [4.69, 9.17) is 11.6 Å². The van der Waals surface area contributed by atoms with Crippen LogP contribution in [0, 0.1) is 0 Å². The largest absolute Gasteiger partial charge is 0.416 e. The molecule has 7 nitrogen and oxygen atoms in total. The van der Waals surface area contributed by atoms with E-state index >= 15 is 0 Å². The normalized spacial score (nSPS) is 12.4. The number of hydrogen-bond acceptors (Lipinski definition) is 4. The van der Waals surface area contributed by atoms with Crippen LogP contribution in [-0.2, 0) is 38.8 Å². The Labute approximate surface area is 263 Å². The number of carbonyl (C=O) groups excluding carboxylic acids is 2. The monoisotopic (exact) mass is 701 g/mol. The molecule has 0 radical (unpaired) electrons. The number of sulfonamides is 1. The Morgan fingerprint density at radius 1 is 1.00 bits per heavy atom. The molecule has 0 fully saturated rings. The Bertz CT molecular complexity index is 1510. The van der Waals surface area contributed by atoms with E-state index in [-0.39, 0.29) is 18.0 Å². The van der Waals surface area contributed by atoms with Crippen molar-refractivity contribution in [1.29, 1.82) is 0 Å². The molecule has 0 aliphatic heterocycles. The van der Waals surface area contributed by atoms with Crippen LogP contribution in [0.25, 0.3) is 0 Å². The lowest BCUT2D eigenvalue weighted by Gasteiger charge is -2.33. The van der Waals surface area contributed by atoms with Crippen molar-refractivity contribution in [2.24, 2.45) is 0 Å². The van der Waals surface area contributed by atoms with E-state index in [0.29, 0.717) is 28.9 Å². The van der Waals surface area contributed by atoms with Crippen LogP contribution in [-0.4, -0.2) is 50.5 Å². The van der Waals surface area contributed by atoms with Crippen LogP contribution in [0.2, 0.25) is 5.02 Å². The number of unbranched alkanes of at least 4 members (excludes halogenated alkanes) is 1. The van der Waals surface area contributed by atoms with Crippen LogP contribution in [0.4, 0.5) is 18.9 Å². The van der Waals surface area contributed by atoms with Crippen LogP contribution in [0.3, 0.4) is 0 Å². The summed E-state index contributed by atoms with van der Waals surface area (Å²) in [6.07, 6.45) is -2.36. The second-order valence-electron chi connectivity index (χ2n) is 9.93. The van der Waals surface area contributed by atoms with Gasteiger partial charge in [0.05, 0.1) is 22.5 Å². The van der Waals surface area contributed by atoms with Gasteiger partial charge in [0.2, 0.25) is 21.8 Å². The van der Waals surface area contributed by atoms with E-state index in [1.807, 2.05) is 13.0 Å². The number of alkyl halides is 3. The number of halogens is 5. The highest BCUT2D eigenvalue weighted by molar-refractivity contribution is 9.10. The molecule has 1 N–H and O–H groups in total. The molecule has 13 heteroatoms. The number of hydrogen-bond donors (Lipinski definition) is 1. The zero-order valence-corrected chi connectivity index (χ0v) is 26.7. The van der Waals surface area contributed by atoms with Gasteiger partial charge in [-0.1, -0.05) is 83.3 Å². The molecule has 3 rings (SSSR count). The third-order valence-electron chi connectivity index (χ3n) is 6.59. The summed E-state index contributed by atoms with van der Waals surface area (Å²) in [4.78, 5) is 28.9. The fraction of sp³-hybridized carbons (Fsp3) is 0.333. The maximum atomic E-state index is 14.1. The van der Waals surface area contributed by atoms with Crippen molar-refractivity contribution in [2.75, 3.05) is 23.7 Å². The lowest BCUT2D eigenvalue weighted by Crippen LogP contribution is -2.53. The summed E-state index contributed by atoms with van der Waals surface area (Å²) < 4.78 is 67.7. The van der Waals surface area contributed by atoms with Gasteiger partial charge in [-0.2, -0.15) is 13.2 Å². The molecule has 0 aromatic heterocycles. The summed E-state index contributed by atoms with van der Waals surface area (Å²) in [5, 5.41) is 2.58. The summed E-state index contributed by atoms with van der Waals surface area (Å²) in [7, 11) is -4.30. The standard InChI is InChI=1S/C30H32BrClF3N3O4S/c1-3-4-16-36-29(40)27(17-21-8-6-5-7-9-21)37(19-22-10-13-24(31)14-11-22)28(39)20-38(43(2,41)42)26-18-23(30(33,34)35)12-15-25(26)32/h5-15,18,27H,3-4,16-17,19-20H2,1-2H3,(H,36,40)/t27-/m0/s1. The molecule has 43 heavy (non-hydrogen) atoms. The van der Waals surface area contributed by atoms with Crippen molar-refractivity contribution in [3.05, 3.63) is 99.0 Å². The molecule has 232 valence electrons. The smallest absolute Gasteiger partial charge is 0.354 e. The molecular formula is C30H32BrClF3N3O4S. The number of rotatable bonds is 13. The number of nitrogens with one attached hydrogen (secondary N) is 1. The predicted molar refractivity (Wildman–Crippen MR) is 165 cm³/mol. The van der Waals surface area contributed by atoms with E-state index in [1.54, 1.807) is 48.5 Å². The zero-order chi connectivity index (χ0) is 31.8. The van der Waals surface area contributed by atoms with Gasteiger partial charge in [0.1, 0.15) is 12.6 Å². The minimum atomic E-state index is -4.78. The van der Waals surface area contributed by atoms with Crippen molar-refractivity contribution in [1.82, 2.24) is 10.2 Å². The Kier molecular flexibility index (Phi) is 12.1. The van der Waals surface area contributed by atoms with Gasteiger partial charge in [-0.25, -0.2) is 8.42 Å². The third kappa shape index (κ3) is 9.97. The van der Waals surface area contributed by atoms with E-state index in [2.05, 4.69) is 21.2 Å². The highest BCUT2D eigenvalue weighted by atomic mass is 79.9. The highest BCUT2D eigenvalue weighted by Gasteiger charge is 2.35. The van der Waals surface area contributed by atoms with Crippen LogP contribution in [0.1, 0.15) is 36.5 Å². The molecule has 1 atom stereocenters. The molecule has 3 aromatic rings. The zero-order valence-electron chi connectivity index (χ0n) is 23.6. The Morgan fingerprint density at radius 3 is 2.23 bits per heavy atom. The maximum Gasteiger partial charge on any atom is 0.416 e. The minimum Gasteiger partial charge on any atom is -0.354 e. The van der Waals surface area contributed by atoms with Crippen molar-refractivity contribution in [2.45, 2.75) is 44.9 Å². The maximum absolute atomic E-state index is 14.1. The molecule has 2 amide bonds. The van der Waals surface area contributed by atoms with Gasteiger partial charge in [-0.15, -0.1) is 0 Å². The third-order valence-corrected chi connectivity index (χ3v) is 8.56. The first-order chi connectivity index (χ1) is 20.2. The topological polar surface area (TPSA) is 86.8 Å². The number of anilines is 1. The van der Waals surface area contributed by atoms with Gasteiger partial charge in [0.25, 0.3) is 0 Å². The number of carbonyl (C=O) groups is 2. The fourth-order valence-electron chi connectivity index (χ4n) is 4.32. The van der Waals surface area contributed by atoms with Crippen molar-refractivity contribution < 1.29 is 31.2 Å². The van der Waals surface area contributed by atoms with Crippen LogP contribution in [0.5, 0.6) is 0 Å². The SMILES string of the molecule is CCCCNC(=O)[C@H](Cc1ccccc1)N(Cc1ccc(Br)cc1)C(=O)CN(c1cc(C(F)(F)F)ccc1Cl)S(C)(=O)=O. The summed E-state index contributed by atoms with van der Waals surface area (Å²) in [5.74, 6) is -1.24. The molecule has 0 saturated heterocycles. The quantitative estimate of drug-likeness (QED) is 0.208. The van der Waals surface area contributed by atoms with Crippen LogP contribution < -0.4 is 9.62 Å². The number of nitrogens with zero attached hydrogens (tertiary/aromatic N) is 2. The molecule has 0 heterocycles. The number of amides is 2. The minimum absolute atomic E-state index is 0.0707. The fourth-order valence-corrected chi connectivity index (χ4v) is 5.71. The van der Waals surface area contributed by atoms with Crippen molar-refractivity contribution in [3.63, 3.8) is 0 Å². The van der Waals surface area contributed by atoms with Crippen LogP contribution >= 0.6 is 27.5 Å². The second kappa shape index (κ2) is 15.1. The van der Waals surface area contributed by atoms with Crippen molar-refractivity contribution >= 4 is 55.1 Å². The van der Waals surface area contributed by atoms with Gasteiger partial charge in [0.15, 0.2) is 0 Å². The van der Waals surface area contributed by atoms with Gasteiger partial charge < -0.3 is 10.2 Å². The lowest BCUT2D eigenvalue weighted by atomic mass is 10.0. The number of benzene rings is 3. The first-order valence-electron chi connectivity index (χ1n) is 13.4. The Balaban J connectivity index is 2.09. The Hall–Kier alpha value is -3.09. The lowest BCUT2D eigenvalue weighted by molar-refractivity contribution is -0.140. The van der Waals surface area contributed by atoms with E-state index < -0.39 is 51.9 Å². The van der Waals surface area contributed by atoms with E-state index in [9.17, 15) is 31.2 Å². The van der Waals surface area contributed by atoms with Gasteiger partial charge >= 0.3 is 6.18 Å². The highest BCUT2D eigenvalue weighted by Crippen LogP contribution is 2.36. The Morgan fingerprint density at radius 2 is 1.65 bits per heavy atom. The average Bonchev–Trinajstić information content (AvgIpc) is 2.94. The summed E-state index contributed by atoms with van der Waals surface area (Å²) in [5.41, 5.74) is -0.216. The van der Waals surface area contributed by atoms with Crippen molar-refractivity contribution in [3.8, 4) is 0 Å². The molecule has 0 bridgehead atoms. The summed E-state index contributed by atoms with van der Waals surface area (Å²) >= 11 is 9.55. The average molecular weight is 703 g/mol. The summed E-state index contributed by atoms with van der Waals surface area (Å²) in [6, 6.07) is 17.2. The molecule has 3 aromatic carbocycles. The predicted octanol–water partition coefficient (Wildman–Crippen LogP) is 6.44. The molecule has 0 saturated carbocycles. The first kappa shape index (κ1) is 34.4. The summed E-state index contributed by atoms with van der Waals surface area (Å²) in [6.45, 7) is 1.38. The van der Waals surface area contributed by atoms with E-state index in [0.717, 1.165) is 34.8 Å². The molecule has 0 unspecified atom stereocenters. The molecular weight excluding hydrogens is 671 g/mol. The second-order valence-corrected chi connectivity index (χ2v) is 13.2. The van der Waals surface area contributed by atoms with E-state index in [1.165, 1.54) is 4.90 Å².